The molecule has 0 saturated carbocycles. The number of fused-ring (bicyclic) bond motifs is 1. The number of aromatic nitrogens is 6. The van der Waals surface area contributed by atoms with Gasteiger partial charge in [0.2, 0.25) is 0 Å². The second-order valence-corrected chi connectivity index (χ2v) is 4.00. The standard InChI is InChI=1S/C10H10N6O2/c1-15-4-5(3-11-15)7-12-6-8(13-7)16(2)10(18)14-9(6)17/h3-4H,1-2H3,(H,12,13)(H,14,17,18). The van der Waals surface area contributed by atoms with Gasteiger partial charge >= 0.3 is 5.69 Å². The zero-order chi connectivity index (χ0) is 12.9. The molecule has 3 heterocycles. The van der Waals surface area contributed by atoms with Crippen molar-refractivity contribution in [2.45, 2.75) is 0 Å². The third-order valence-corrected chi connectivity index (χ3v) is 2.73. The van der Waals surface area contributed by atoms with Crippen molar-refractivity contribution in [2.24, 2.45) is 14.1 Å². The van der Waals surface area contributed by atoms with E-state index in [1.165, 1.54) is 4.57 Å². The van der Waals surface area contributed by atoms with Crippen LogP contribution in [-0.2, 0) is 14.1 Å². The van der Waals surface area contributed by atoms with Gasteiger partial charge < -0.3 is 4.98 Å². The van der Waals surface area contributed by atoms with Crippen LogP contribution in [0.1, 0.15) is 0 Å². The fourth-order valence-corrected chi connectivity index (χ4v) is 1.78. The number of aryl methyl sites for hydroxylation is 2. The van der Waals surface area contributed by atoms with E-state index in [0.29, 0.717) is 11.5 Å². The number of rotatable bonds is 1. The van der Waals surface area contributed by atoms with Crippen LogP contribution < -0.4 is 11.2 Å². The van der Waals surface area contributed by atoms with Gasteiger partial charge in [-0.1, -0.05) is 0 Å². The van der Waals surface area contributed by atoms with Crippen molar-refractivity contribution in [3.63, 3.8) is 0 Å². The van der Waals surface area contributed by atoms with E-state index in [-0.39, 0.29) is 5.52 Å². The minimum absolute atomic E-state index is 0.274. The molecule has 0 radical (unpaired) electrons. The summed E-state index contributed by atoms with van der Waals surface area (Å²) < 4.78 is 2.92. The molecular weight excluding hydrogens is 236 g/mol. The van der Waals surface area contributed by atoms with Crippen LogP contribution in [0.25, 0.3) is 22.6 Å². The summed E-state index contributed by atoms with van der Waals surface area (Å²) in [6.45, 7) is 0. The van der Waals surface area contributed by atoms with Crippen LogP contribution in [0.15, 0.2) is 22.0 Å². The summed E-state index contributed by atoms with van der Waals surface area (Å²) in [5.41, 5.74) is 0.381. The van der Waals surface area contributed by atoms with Crippen molar-refractivity contribution in [3.8, 4) is 11.4 Å². The number of nitrogens with one attached hydrogen (secondary N) is 2. The summed E-state index contributed by atoms with van der Waals surface area (Å²) in [6.07, 6.45) is 3.40. The second-order valence-electron chi connectivity index (χ2n) is 4.00. The van der Waals surface area contributed by atoms with Crippen LogP contribution in [0, 0.1) is 0 Å². The van der Waals surface area contributed by atoms with E-state index in [0.717, 1.165) is 5.56 Å². The molecule has 0 aliphatic carbocycles. The van der Waals surface area contributed by atoms with Gasteiger partial charge in [0.05, 0.1) is 11.8 Å². The SMILES string of the molecule is Cn1cc(-c2nc3c([nH]2)c(=O)[nH]c(=O)n3C)cn1. The van der Waals surface area contributed by atoms with Gasteiger partial charge in [-0.25, -0.2) is 9.78 Å². The highest BCUT2D eigenvalue weighted by molar-refractivity contribution is 5.74. The maximum absolute atomic E-state index is 11.6. The lowest BCUT2D eigenvalue weighted by molar-refractivity contribution is 0.768. The van der Waals surface area contributed by atoms with E-state index >= 15 is 0 Å². The molecule has 2 N–H and O–H groups in total. The fraction of sp³-hybridized carbons (Fsp3) is 0.200. The van der Waals surface area contributed by atoms with Gasteiger partial charge in [0.25, 0.3) is 5.56 Å². The lowest BCUT2D eigenvalue weighted by atomic mass is 10.3. The first-order valence-corrected chi connectivity index (χ1v) is 5.24. The van der Waals surface area contributed by atoms with E-state index in [2.05, 4.69) is 20.1 Å². The van der Waals surface area contributed by atoms with Crippen molar-refractivity contribution < 1.29 is 0 Å². The van der Waals surface area contributed by atoms with E-state index in [1.807, 2.05) is 0 Å². The molecule has 3 rings (SSSR count). The molecule has 0 aliphatic heterocycles. The van der Waals surface area contributed by atoms with E-state index in [4.69, 9.17) is 0 Å². The first kappa shape index (κ1) is 10.5. The summed E-state index contributed by atoms with van der Waals surface area (Å²) in [6, 6.07) is 0. The van der Waals surface area contributed by atoms with E-state index in [9.17, 15) is 9.59 Å². The number of aromatic amines is 2. The molecule has 18 heavy (non-hydrogen) atoms. The highest BCUT2D eigenvalue weighted by Crippen LogP contribution is 2.16. The van der Waals surface area contributed by atoms with Crippen molar-refractivity contribution in [1.29, 1.82) is 0 Å². The van der Waals surface area contributed by atoms with Gasteiger partial charge in [-0.2, -0.15) is 5.10 Å². The molecule has 0 atom stereocenters. The van der Waals surface area contributed by atoms with E-state index in [1.54, 1.807) is 31.2 Å². The maximum Gasteiger partial charge on any atom is 0.329 e. The van der Waals surface area contributed by atoms with Crippen LogP contribution in [-0.4, -0.2) is 29.3 Å². The number of hydrogen-bond acceptors (Lipinski definition) is 4. The quantitative estimate of drug-likeness (QED) is 0.595. The highest BCUT2D eigenvalue weighted by atomic mass is 16.2. The Labute approximate surface area is 99.9 Å². The molecule has 8 nitrogen and oxygen atoms in total. The molecule has 0 amide bonds. The number of H-pyrrole nitrogens is 2. The average Bonchev–Trinajstić information content (AvgIpc) is 2.92. The molecule has 8 heteroatoms. The minimum Gasteiger partial charge on any atom is -0.332 e. The Morgan fingerprint density at radius 2 is 2.00 bits per heavy atom. The third-order valence-electron chi connectivity index (χ3n) is 2.73. The molecule has 0 bridgehead atoms. The highest BCUT2D eigenvalue weighted by Gasteiger charge is 2.12. The lowest BCUT2D eigenvalue weighted by Gasteiger charge is -1.94. The normalized spacial score (nSPS) is 11.2. The zero-order valence-corrected chi connectivity index (χ0v) is 9.76. The number of hydrogen-bond donors (Lipinski definition) is 2. The molecular formula is C10H10N6O2. The van der Waals surface area contributed by atoms with Crippen molar-refractivity contribution in [1.82, 2.24) is 29.3 Å². The summed E-state index contributed by atoms with van der Waals surface area (Å²) in [5, 5.41) is 4.03. The molecule has 0 aromatic carbocycles. The topological polar surface area (TPSA) is 101 Å². The molecule has 0 spiro atoms. The van der Waals surface area contributed by atoms with Gasteiger partial charge in [0, 0.05) is 20.3 Å². The lowest BCUT2D eigenvalue weighted by Crippen LogP contribution is -2.28. The first-order valence-electron chi connectivity index (χ1n) is 5.24. The average molecular weight is 246 g/mol. The van der Waals surface area contributed by atoms with E-state index < -0.39 is 11.2 Å². The van der Waals surface area contributed by atoms with Crippen LogP contribution >= 0.6 is 0 Å². The predicted octanol–water partition coefficient (Wildman–Crippen LogP) is -0.650. The Morgan fingerprint density at radius 3 is 2.67 bits per heavy atom. The van der Waals surface area contributed by atoms with Crippen LogP contribution in [0.5, 0.6) is 0 Å². The van der Waals surface area contributed by atoms with Crippen LogP contribution in [0.4, 0.5) is 0 Å². The molecule has 92 valence electrons. The molecule has 0 saturated heterocycles. The third kappa shape index (κ3) is 1.39. The van der Waals surface area contributed by atoms with Crippen molar-refractivity contribution in [3.05, 3.63) is 33.2 Å². The van der Waals surface area contributed by atoms with Crippen LogP contribution in [0.3, 0.4) is 0 Å². The van der Waals surface area contributed by atoms with Gasteiger partial charge in [0.15, 0.2) is 5.65 Å². The predicted molar refractivity (Wildman–Crippen MR) is 64.2 cm³/mol. The Bertz CT molecular complexity index is 849. The van der Waals surface area contributed by atoms with Gasteiger partial charge in [-0.3, -0.25) is 19.0 Å². The molecule has 0 fully saturated rings. The molecule has 3 aromatic heterocycles. The van der Waals surface area contributed by atoms with Crippen molar-refractivity contribution in [2.75, 3.05) is 0 Å². The number of nitrogens with zero attached hydrogens (tertiary/aromatic N) is 4. The largest absolute Gasteiger partial charge is 0.332 e. The molecule has 0 aliphatic rings. The molecule has 3 aromatic rings. The monoisotopic (exact) mass is 246 g/mol. The Balaban J connectivity index is 2.35. The van der Waals surface area contributed by atoms with Crippen molar-refractivity contribution >= 4 is 11.2 Å². The minimum atomic E-state index is -0.489. The first-order chi connectivity index (χ1) is 8.56. The zero-order valence-electron chi connectivity index (χ0n) is 9.76. The summed E-state index contributed by atoms with van der Waals surface area (Å²) in [4.78, 5) is 32.4. The Hall–Kier alpha value is -2.64. The van der Waals surface area contributed by atoms with Crippen LogP contribution in [0.2, 0.25) is 0 Å². The van der Waals surface area contributed by atoms with Gasteiger partial charge in [-0.15, -0.1) is 0 Å². The van der Waals surface area contributed by atoms with Gasteiger partial charge in [0.1, 0.15) is 11.3 Å². The Morgan fingerprint density at radius 1 is 1.22 bits per heavy atom. The molecule has 0 unspecified atom stereocenters. The summed E-state index contributed by atoms with van der Waals surface area (Å²) >= 11 is 0. The summed E-state index contributed by atoms with van der Waals surface area (Å²) in [7, 11) is 3.34. The summed E-state index contributed by atoms with van der Waals surface area (Å²) in [5.74, 6) is 0.504. The smallest absolute Gasteiger partial charge is 0.329 e. The Kier molecular flexibility index (Phi) is 2.00. The van der Waals surface area contributed by atoms with Gasteiger partial charge in [-0.05, 0) is 0 Å². The maximum atomic E-state index is 11.6. The number of imidazole rings is 1. The fourth-order valence-electron chi connectivity index (χ4n) is 1.78. The second kappa shape index (κ2) is 3.42.